The SMILES string of the molecule is C[C@H](O)COC(=O)CCCCCC(C)(C)C. The van der Waals surface area contributed by atoms with Gasteiger partial charge in [-0.05, 0) is 25.2 Å². The molecule has 96 valence electrons. The van der Waals surface area contributed by atoms with Crippen molar-refractivity contribution in [2.24, 2.45) is 5.41 Å². The molecule has 0 amide bonds. The summed E-state index contributed by atoms with van der Waals surface area (Å²) in [4.78, 5) is 11.2. The van der Waals surface area contributed by atoms with Crippen LogP contribution in [0.4, 0.5) is 0 Å². The summed E-state index contributed by atoms with van der Waals surface area (Å²) in [7, 11) is 0. The lowest BCUT2D eigenvalue weighted by Gasteiger charge is -2.17. The third kappa shape index (κ3) is 11.5. The van der Waals surface area contributed by atoms with Crippen molar-refractivity contribution in [3.8, 4) is 0 Å². The highest BCUT2D eigenvalue weighted by atomic mass is 16.5. The maximum Gasteiger partial charge on any atom is 0.305 e. The number of aliphatic hydroxyl groups is 1. The molecule has 0 radical (unpaired) electrons. The standard InChI is InChI=1S/C13H26O3/c1-11(14)10-16-12(15)8-6-5-7-9-13(2,3)4/h11,14H,5-10H2,1-4H3/t11-/m0/s1. The molecule has 0 aromatic carbocycles. The van der Waals surface area contributed by atoms with Crippen LogP contribution in [-0.2, 0) is 9.53 Å². The van der Waals surface area contributed by atoms with E-state index in [-0.39, 0.29) is 12.6 Å². The number of aliphatic hydroxyl groups excluding tert-OH is 1. The van der Waals surface area contributed by atoms with Crippen molar-refractivity contribution in [2.45, 2.75) is 65.9 Å². The molecule has 1 N–H and O–H groups in total. The predicted molar refractivity (Wildman–Crippen MR) is 65.2 cm³/mol. The normalized spacial score (nSPS) is 13.6. The topological polar surface area (TPSA) is 46.5 Å². The molecule has 0 unspecified atom stereocenters. The summed E-state index contributed by atoms with van der Waals surface area (Å²) in [6.45, 7) is 8.40. The zero-order valence-electron chi connectivity index (χ0n) is 11.1. The van der Waals surface area contributed by atoms with E-state index in [0.29, 0.717) is 11.8 Å². The summed E-state index contributed by atoms with van der Waals surface area (Å²) in [6.07, 6.45) is 4.21. The van der Waals surface area contributed by atoms with Gasteiger partial charge in [0.05, 0.1) is 6.10 Å². The summed E-state index contributed by atoms with van der Waals surface area (Å²) >= 11 is 0. The Morgan fingerprint density at radius 2 is 1.88 bits per heavy atom. The molecule has 0 spiro atoms. The molecule has 0 saturated carbocycles. The van der Waals surface area contributed by atoms with Gasteiger partial charge in [-0.15, -0.1) is 0 Å². The molecule has 3 nitrogen and oxygen atoms in total. The second kappa shape index (κ2) is 7.66. The molecule has 3 heteroatoms. The van der Waals surface area contributed by atoms with Crippen LogP contribution >= 0.6 is 0 Å². The summed E-state index contributed by atoms with van der Waals surface area (Å²) in [5, 5.41) is 8.92. The van der Waals surface area contributed by atoms with Crippen LogP contribution in [-0.4, -0.2) is 23.8 Å². The molecule has 1 atom stereocenters. The number of rotatable bonds is 7. The number of ether oxygens (including phenoxy) is 1. The van der Waals surface area contributed by atoms with Crippen molar-refractivity contribution in [1.29, 1.82) is 0 Å². The molecule has 0 aliphatic rings. The van der Waals surface area contributed by atoms with Gasteiger partial charge in [0.15, 0.2) is 0 Å². The number of hydrogen-bond acceptors (Lipinski definition) is 3. The number of hydrogen-bond donors (Lipinski definition) is 1. The van der Waals surface area contributed by atoms with Crippen molar-refractivity contribution in [2.75, 3.05) is 6.61 Å². The highest BCUT2D eigenvalue weighted by Crippen LogP contribution is 2.22. The van der Waals surface area contributed by atoms with Crippen molar-refractivity contribution in [3.05, 3.63) is 0 Å². The average molecular weight is 230 g/mol. The van der Waals surface area contributed by atoms with Gasteiger partial charge in [-0.3, -0.25) is 4.79 Å². The fraction of sp³-hybridized carbons (Fsp3) is 0.923. The van der Waals surface area contributed by atoms with Crippen LogP contribution in [0.1, 0.15) is 59.8 Å². The van der Waals surface area contributed by atoms with Crippen molar-refractivity contribution < 1.29 is 14.6 Å². The van der Waals surface area contributed by atoms with E-state index in [1.165, 1.54) is 6.42 Å². The van der Waals surface area contributed by atoms with E-state index >= 15 is 0 Å². The second-order valence-electron chi connectivity index (χ2n) is 5.65. The van der Waals surface area contributed by atoms with Gasteiger partial charge in [0.2, 0.25) is 0 Å². The Kier molecular flexibility index (Phi) is 7.39. The van der Waals surface area contributed by atoms with Gasteiger partial charge in [-0.1, -0.05) is 33.6 Å². The molecule has 0 aliphatic heterocycles. The zero-order chi connectivity index (χ0) is 12.6. The molecule has 0 aromatic rings. The van der Waals surface area contributed by atoms with Gasteiger partial charge in [0, 0.05) is 6.42 Å². The lowest BCUT2D eigenvalue weighted by Crippen LogP contribution is -2.15. The molecule has 0 aromatic heterocycles. The van der Waals surface area contributed by atoms with Gasteiger partial charge in [-0.25, -0.2) is 0 Å². The largest absolute Gasteiger partial charge is 0.463 e. The molecular weight excluding hydrogens is 204 g/mol. The highest BCUT2D eigenvalue weighted by Gasteiger charge is 2.09. The van der Waals surface area contributed by atoms with E-state index in [2.05, 4.69) is 20.8 Å². The Morgan fingerprint density at radius 3 is 2.38 bits per heavy atom. The molecule has 0 rings (SSSR count). The van der Waals surface area contributed by atoms with Crippen LogP contribution in [0.15, 0.2) is 0 Å². The Hall–Kier alpha value is -0.570. The average Bonchev–Trinajstić information content (AvgIpc) is 2.12. The minimum absolute atomic E-state index is 0.112. The van der Waals surface area contributed by atoms with Crippen LogP contribution in [0.25, 0.3) is 0 Å². The molecule has 0 saturated heterocycles. The Labute approximate surface area is 99.2 Å². The first-order valence-electron chi connectivity index (χ1n) is 6.15. The quantitative estimate of drug-likeness (QED) is 0.540. The van der Waals surface area contributed by atoms with E-state index in [1.807, 2.05) is 0 Å². The predicted octanol–water partition coefficient (Wildman–Crippen LogP) is 2.91. The maximum absolute atomic E-state index is 11.2. The zero-order valence-corrected chi connectivity index (χ0v) is 11.1. The number of carbonyl (C=O) groups is 1. The van der Waals surface area contributed by atoms with Gasteiger partial charge < -0.3 is 9.84 Å². The smallest absolute Gasteiger partial charge is 0.305 e. The molecule has 0 heterocycles. The molecule has 0 bridgehead atoms. The lowest BCUT2D eigenvalue weighted by atomic mass is 9.89. The van der Waals surface area contributed by atoms with E-state index in [1.54, 1.807) is 6.92 Å². The minimum atomic E-state index is -0.565. The first-order chi connectivity index (χ1) is 7.31. The first-order valence-corrected chi connectivity index (χ1v) is 6.15. The van der Waals surface area contributed by atoms with Gasteiger partial charge in [0.1, 0.15) is 6.61 Å². The lowest BCUT2D eigenvalue weighted by molar-refractivity contribution is -0.146. The van der Waals surface area contributed by atoms with Gasteiger partial charge >= 0.3 is 5.97 Å². The molecule has 0 fully saturated rings. The second-order valence-corrected chi connectivity index (χ2v) is 5.65. The van der Waals surface area contributed by atoms with E-state index in [0.717, 1.165) is 19.3 Å². The van der Waals surface area contributed by atoms with Crippen LogP contribution in [0.5, 0.6) is 0 Å². The summed E-state index contributed by atoms with van der Waals surface area (Å²) in [5.41, 5.74) is 0.382. The van der Waals surface area contributed by atoms with Crippen molar-refractivity contribution in [1.82, 2.24) is 0 Å². The fourth-order valence-corrected chi connectivity index (χ4v) is 1.39. The number of carbonyl (C=O) groups excluding carboxylic acids is 1. The molecular formula is C13H26O3. The van der Waals surface area contributed by atoms with Crippen LogP contribution in [0.2, 0.25) is 0 Å². The number of unbranched alkanes of at least 4 members (excludes halogenated alkanes) is 2. The van der Waals surface area contributed by atoms with E-state index in [9.17, 15) is 4.79 Å². The van der Waals surface area contributed by atoms with Crippen LogP contribution in [0.3, 0.4) is 0 Å². The monoisotopic (exact) mass is 230 g/mol. The fourth-order valence-electron chi connectivity index (χ4n) is 1.39. The summed E-state index contributed by atoms with van der Waals surface area (Å²) < 4.78 is 4.86. The van der Waals surface area contributed by atoms with Gasteiger partial charge in [0.25, 0.3) is 0 Å². The Bertz CT molecular complexity index is 192. The molecule has 16 heavy (non-hydrogen) atoms. The first kappa shape index (κ1) is 15.4. The maximum atomic E-state index is 11.2. The Balaban J connectivity index is 3.35. The number of esters is 1. The van der Waals surface area contributed by atoms with E-state index < -0.39 is 6.10 Å². The van der Waals surface area contributed by atoms with Crippen molar-refractivity contribution in [3.63, 3.8) is 0 Å². The van der Waals surface area contributed by atoms with Gasteiger partial charge in [-0.2, -0.15) is 0 Å². The minimum Gasteiger partial charge on any atom is -0.463 e. The summed E-state index contributed by atoms with van der Waals surface area (Å²) in [6, 6.07) is 0. The van der Waals surface area contributed by atoms with Crippen LogP contribution in [0, 0.1) is 5.41 Å². The highest BCUT2D eigenvalue weighted by molar-refractivity contribution is 5.69. The third-order valence-electron chi connectivity index (χ3n) is 2.29. The van der Waals surface area contributed by atoms with E-state index in [4.69, 9.17) is 9.84 Å². The summed E-state index contributed by atoms with van der Waals surface area (Å²) in [5.74, 6) is -0.198. The van der Waals surface area contributed by atoms with Crippen molar-refractivity contribution >= 4 is 5.97 Å². The Morgan fingerprint density at radius 1 is 1.25 bits per heavy atom. The molecule has 0 aliphatic carbocycles. The third-order valence-corrected chi connectivity index (χ3v) is 2.29. The van der Waals surface area contributed by atoms with Crippen LogP contribution < -0.4 is 0 Å².